The van der Waals surface area contributed by atoms with E-state index in [-0.39, 0.29) is 124 Å². The van der Waals surface area contributed by atoms with Gasteiger partial charge in [-0.3, -0.25) is 43.1 Å². The molecule has 4 aliphatic heterocycles. The van der Waals surface area contributed by atoms with Crippen LogP contribution in [0.2, 0.25) is 0 Å². The second kappa shape index (κ2) is 55.6. The SMILES string of the molecule is CO[C@H]1C[C@@H]2CC[C@@H](C)[C@@](O)(O2)C(=O)C(=O)N2CCCC[C@H]2C(=O)OC([C@H](C)C[C@@H]2CC[C@@H](OCCCCc3cn(CCOCCOCCOCCOCCOCCOCCOCCOCCC(=O)N4CCN(c5ccc(-n6c(=O)n(C)c7cnc8ccc(-c9ccc(C)nc9)cc8c76)cc5C(F)(F)F)CC4)nn3)[C@H](OC)C2)CC(=O)[C@H](C)/C=C(\C)[C@@H](O)[C@@H](OC)C(=O)[C@H](C)C[C@H](C)/C=C/C=C/C=C/1C. The number of alkyl halides is 3. The summed E-state index contributed by atoms with van der Waals surface area (Å²) in [4.78, 5) is 113. The van der Waals surface area contributed by atoms with E-state index in [1.807, 2.05) is 102 Å². The number of imidazole rings is 1. The predicted octanol–water partition coefficient (Wildman–Crippen LogP) is 12.3. The Morgan fingerprint density at radius 1 is 0.664 bits per heavy atom. The highest BCUT2D eigenvalue weighted by molar-refractivity contribution is 6.39. The van der Waals surface area contributed by atoms with E-state index in [0.717, 1.165) is 66.3 Å². The number of benzene rings is 2. The lowest BCUT2D eigenvalue weighted by molar-refractivity contribution is -0.265. The van der Waals surface area contributed by atoms with Crippen LogP contribution < -0.4 is 10.6 Å². The number of aliphatic hydroxyl groups excluding tert-OH is 1. The van der Waals surface area contributed by atoms with Gasteiger partial charge in [-0.1, -0.05) is 88.4 Å². The number of aliphatic hydroxyl groups is 2. The van der Waals surface area contributed by atoms with Crippen LogP contribution >= 0.6 is 0 Å². The minimum atomic E-state index is -4.75. The normalized spacial score (nSPS) is 26.0. The molecule has 15 atom stereocenters. The first kappa shape index (κ1) is 111. The Labute approximate surface area is 819 Å². The number of piperidine rings is 1. The molecule has 0 spiro atoms. The van der Waals surface area contributed by atoms with Gasteiger partial charge in [-0.25, -0.2) is 14.3 Å². The number of carbonyl (C=O) groups excluding carboxylic acids is 6. The average molecular weight is 1960 g/mol. The summed E-state index contributed by atoms with van der Waals surface area (Å²) in [6, 6.07) is 12.2. The maximum Gasteiger partial charge on any atom is 0.418 e. The van der Waals surface area contributed by atoms with Gasteiger partial charge in [0, 0.05) is 133 Å². The van der Waals surface area contributed by atoms with E-state index in [4.69, 9.17) is 66.3 Å². The summed E-state index contributed by atoms with van der Waals surface area (Å²) in [5.41, 5.74) is 4.71. The van der Waals surface area contributed by atoms with Crippen molar-refractivity contribution >= 4 is 62.8 Å². The third-order valence-corrected chi connectivity index (χ3v) is 27.4. The van der Waals surface area contributed by atoms with Gasteiger partial charge in [0.05, 0.1) is 183 Å². The number of carbonyl (C=O) groups is 6. The number of Topliss-reactive ketones (excluding diaryl/α,β-unsaturated/α-hetero) is 3. The minimum absolute atomic E-state index is 0.0107. The minimum Gasteiger partial charge on any atom is -0.460 e. The quantitative estimate of drug-likeness (QED) is 0.0156. The van der Waals surface area contributed by atoms with Crippen LogP contribution in [0.5, 0.6) is 0 Å². The highest BCUT2D eigenvalue weighted by Crippen LogP contribution is 2.42. The molecule has 3 saturated heterocycles. The van der Waals surface area contributed by atoms with Crippen molar-refractivity contribution in [1.82, 2.24) is 43.9 Å². The lowest BCUT2D eigenvalue weighted by Gasteiger charge is -2.42. The standard InChI is InChI=1S/C104H147F3N10O23/c1-69-20-14-13-15-21-70(2)91(127-10)64-82-30-24-75(7)103(126,140-82)99(122)100(123)116-35-18-16-23-87(116)101(124)139-92(65-89(118)71(3)59-74(6)97(121)98(129-12)96(120)73(5)58-69)72(4)60-77-26-33-90(93(61-77)128-11)138-41-19-17-22-80-68-115(111-110-80)40-43-131-45-47-133-49-51-135-53-55-137-57-56-136-54-52-134-50-48-132-46-44-130-42-34-94(119)114-38-36-113(37-39-114)86-32-29-81(63-84(86)104(105,106)107)117-95-83-62-78(79-27-25-76(8)108-66-79)28-31-85(83)109-67-88(95)112(9)102(117)125/h13-15,20-21,25,27-29,31-32,59,62-63,66-69,71-73,75,77,82,87,90-93,97-98,121,126H,16-19,22-24,26,30,33-58,60-61,64-65H2,1-12H3/b15-13+,20-14+,70-21+,74-59+/t69-,71-,72-,73-,75-,77+,82+,87+,90-,91+,92?,93-,97-,98+,103-/m1/s1. The molecule has 0 radical (unpaired) electrons. The first-order valence-corrected chi connectivity index (χ1v) is 49.7. The Hall–Kier alpha value is -9.22. The summed E-state index contributed by atoms with van der Waals surface area (Å²) >= 11 is 0. The summed E-state index contributed by atoms with van der Waals surface area (Å²) < 4.78 is 131. The highest BCUT2D eigenvalue weighted by atomic mass is 19.4. The number of aromatic nitrogens is 7. The van der Waals surface area contributed by atoms with E-state index in [1.54, 1.807) is 75.0 Å². The molecule has 4 aromatic heterocycles. The summed E-state index contributed by atoms with van der Waals surface area (Å²) in [6.07, 6.45) is 14.6. The zero-order valence-corrected chi connectivity index (χ0v) is 83.5. The molecule has 2 N–H and O–H groups in total. The number of cyclic esters (lactones) is 1. The summed E-state index contributed by atoms with van der Waals surface area (Å²) in [7, 11) is 6.20. The first-order chi connectivity index (χ1) is 67.4. The van der Waals surface area contributed by atoms with E-state index >= 15 is 13.2 Å². The number of pyridine rings is 2. The summed E-state index contributed by atoms with van der Waals surface area (Å²) in [5, 5.41) is 33.1. The van der Waals surface area contributed by atoms with Gasteiger partial charge in [0.2, 0.25) is 11.7 Å². The number of hydrogen-bond acceptors (Lipinski definition) is 28. The largest absolute Gasteiger partial charge is 0.460 e. The Morgan fingerprint density at radius 2 is 1.33 bits per heavy atom. The van der Waals surface area contributed by atoms with Gasteiger partial charge in [0.1, 0.15) is 30.1 Å². The van der Waals surface area contributed by atoms with Crippen LogP contribution in [0.1, 0.15) is 162 Å². The number of nitrogens with zero attached hydrogens (tertiary/aromatic N) is 10. The van der Waals surface area contributed by atoms with Crippen LogP contribution in [0.15, 0.2) is 120 Å². The molecule has 1 saturated carbocycles. The van der Waals surface area contributed by atoms with Crippen molar-refractivity contribution in [1.29, 1.82) is 0 Å². The zero-order valence-electron chi connectivity index (χ0n) is 83.5. The number of unbranched alkanes of at least 4 members (excludes halogenated alkanes) is 1. The number of ketones is 3. The van der Waals surface area contributed by atoms with Crippen molar-refractivity contribution in [3.05, 3.63) is 142 Å². The van der Waals surface area contributed by atoms with Gasteiger partial charge in [0.15, 0.2) is 5.78 Å². The monoisotopic (exact) mass is 1960 g/mol. The van der Waals surface area contributed by atoms with Crippen molar-refractivity contribution in [3.63, 3.8) is 0 Å². The van der Waals surface area contributed by atoms with E-state index in [2.05, 4.69) is 20.3 Å². The van der Waals surface area contributed by atoms with Crippen LogP contribution in [0.4, 0.5) is 18.9 Å². The number of piperazine rings is 1. The Balaban J connectivity index is 0.504. The fourth-order valence-corrected chi connectivity index (χ4v) is 19.0. The van der Waals surface area contributed by atoms with Crippen molar-refractivity contribution < 1.29 is 118 Å². The number of allylic oxidation sites excluding steroid dienone is 6. The average Bonchev–Trinajstić information content (AvgIpc) is 1.57. The number of amides is 2. The van der Waals surface area contributed by atoms with E-state index in [0.29, 0.717) is 185 Å². The fourth-order valence-electron chi connectivity index (χ4n) is 19.0. The smallest absolute Gasteiger partial charge is 0.418 e. The van der Waals surface area contributed by atoms with Crippen molar-refractivity contribution in [2.75, 3.05) is 171 Å². The molecule has 5 aliphatic rings. The van der Waals surface area contributed by atoms with Gasteiger partial charge in [-0.2, -0.15) is 13.2 Å². The predicted molar refractivity (Wildman–Crippen MR) is 519 cm³/mol. The van der Waals surface area contributed by atoms with Gasteiger partial charge in [-0.15, -0.1) is 5.10 Å². The topological polar surface area (TPSA) is 365 Å². The maximum atomic E-state index is 15.0. The molecular weight excluding hydrogens is 1810 g/mol. The van der Waals surface area contributed by atoms with Crippen LogP contribution in [0.25, 0.3) is 38.8 Å². The molecule has 4 fully saturated rings. The number of anilines is 1. The number of aryl methyl sites for hydroxylation is 3. The lowest BCUT2D eigenvalue weighted by atomic mass is 9.78. The molecule has 1 unspecified atom stereocenters. The van der Waals surface area contributed by atoms with Crippen molar-refractivity contribution in [2.24, 2.45) is 42.6 Å². The molecule has 11 rings (SSSR count). The molecule has 2 amide bonds. The second-order valence-corrected chi connectivity index (χ2v) is 37.7. The van der Waals surface area contributed by atoms with E-state index < -0.39 is 95.2 Å². The fraction of sp³-hybridized carbons (Fsp3) is 0.644. The molecule has 8 heterocycles. The number of rotatable bonds is 42. The van der Waals surface area contributed by atoms with Crippen LogP contribution in [-0.2, 0) is 121 Å². The number of esters is 1. The number of methoxy groups -OCH3 is 3. The maximum absolute atomic E-state index is 15.0. The molecule has 2 bridgehead atoms. The number of ether oxygens (including phenoxy) is 14. The van der Waals surface area contributed by atoms with Crippen molar-refractivity contribution in [2.45, 2.75) is 225 Å². The molecule has 2 aromatic carbocycles. The molecule has 140 heavy (non-hydrogen) atoms. The molecular formula is C104H147F3N10O23. The number of halogens is 3. The molecule has 772 valence electrons. The zero-order chi connectivity index (χ0) is 100. The Kier molecular flexibility index (Phi) is 44.1. The molecule has 6 aromatic rings. The lowest BCUT2D eigenvalue weighted by Crippen LogP contribution is -2.61. The van der Waals surface area contributed by atoms with Gasteiger partial charge >= 0.3 is 17.8 Å². The number of hydrogen-bond donors (Lipinski definition) is 2. The molecule has 1 aliphatic carbocycles. The summed E-state index contributed by atoms with van der Waals surface area (Å²) in [5.74, 6) is -8.42. The Morgan fingerprint density at radius 3 is 1.97 bits per heavy atom. The van der Waals surface area contributed by atoms with E-state index in [9.17, 15) is 43.8 Å². The van der Waals surface area contributed by atoms with Crippen molar-refractivity contribution in [3.8, 4) is 16.8 Å². The Bertz CT molecular complexity index is 5150. The highest BCUT2D eigenvalue weighted by Gasteiger charge is 2.54. The van der Waals surface area contributed by atoms with Gasteiger partial charge < -0.3 is 91.2 Å². The third kappa shape index (κ3) is 31.6. The van der Waals surface area contributed by atoms with Crippen LogP contribution in [0, 0.1) is 42.4 Å². The molecule has 36 heteroatoms. The second-order valence-electron chi connectivity index (χ2n) is 37.7. The number of fused-ring (bicyclic) bond motifs is 6. The molecule has 33 nitrogen and oxygen atoms in total. The van der Waals surface area contributed by atoms with Gasteiger partial charge in [0.25, 0.3) is 11.7 Å². The first-order valence-electron chi connectivity index (χ1n) is 49.7. The van der Waals surface area contributed by atoms with E-state index in [1.165, 1.54) is 33.3 Å². The summed E-state index contributed by atoms with van der Waals surface area (Å²) in [6.45, 7) is 22.4. The third-order valence-electron chi connectivity index (χ3n) is 27.4. The van der Waals surface area contributed by atoms with Crippen LogP contribution in [-0.4, -0.2) is 310 Å². The van der Waals surface area contributed by atoms with Crippen LogP contribution in [0.3, 0.4) is 0 Å². The van der Waals surface area contributed by atoms with Gasteiger partial charge in [-0.05, 0) is 175 Å².